The lowest BCUT2D eigenvalue weighted by molar-refractivity contribution is -0.136. The van der Waals surface area contributed by atoms with E-state index in [4.69, 9.17) is 4.74 Å². The van der Waals surface area contributed by atoms with Gasteiger partial charge < -0.3 is 19.9 Å². The molecule has 1 heterocycles. The lowest BCUT2D eigenvalue weighted by atomic mass is 10.1. The minimum atomic E-state index is -0.487. The van der Waals surface area contributed by atoms with Crippen molar-refractivity contribution >= 4 is 23.5 Å². The molecular weight excluding hydrogens is 348 g/mol. The summed E-state index contributed by atoms with van der Waals surface area (Å²) in [5.41, 5.74) is 0.679. The summed E-state index contributed by atoms with van der Waals surface area (Å²) in [7, 11) is 0. The molecule has 0 bridgehead atoms. The molecule has 27 heavy (non-hydrogen) atoms. The summed E-state index contributed by atoms with van der Waals surface area (Å²) in [5.74, 6) is -0.934. The van der Waals surface area contributed by atoms with Crippen molar-refractivity contribution in [3.05, 3.63) is 41.6 Å². The molecule has 1 fully saturated rings. The van der Waals surface area contributed by atoms with Gasteiger partial charge in [0.2, 0.25) is 5.91 Å². The monoisotopic (exact) mass is 370 g/mol. The summed E-state index contributed by atoms with van der Waals surface area (Å²) in [6.07, 6.45) is 1.29. The van der Waals surface area contributed by atoms with E-state index in [2.05, 4.69) is 5.32 Å². The van der Waals surface area contributed by atoms with Crippen molar-refractivity contribution in [2.45, 2.75) is 13.8 Å². The number of carbonyl (C=O) groups excluding carboxylic acids is 3. The summed E-state index contributed by atoms with van der Waals surface area (Å²) in [6, 6.07) is 8.58. The highest BCUT2D eigenvalue weighted by Crippen LogP contribution is 2.17. The quantitative estimate of drug-likeness (QED) is 0.477. The highest BCUT2D eigenvalue weighted by Gasteiger charge is 2.24. The average molecular weight is 370 g/mol. The molecule has 1 aromatic carbocycles. The van der Waals surface area contributed by atoms with Gasteiger partial charge in [0.25, 0.3) is 5.91 Å². The van der Waals surface area contributed by atoms with Crippen LogP contribution in [0.1, 0.15) is 24.2 Å². The van der Waals surface area contributed by atoms with Gasteiger partial charge in [0.15, 0.2) is 0 Å². The van der Waals surface area contributed by atoms with Gasteiger partial charge in [-0.1, -0.05) is 12.1 Å². The maximum atomic E-state index is 12.5. The van der Waals surface area contributed by atoms with Gasteiger partial charge in [0, 0.05) is 39.3 Å². The first-order valence-corrected chi connectivity index (χ1v) is 8.65. The second kappa shape index (κ2) is 9.38. The molecular formula is C19H22N4O4. The molecule has 0 spiro atoms. The first kappa shape index (κ1) is 20.0. The summed E-state index contributed by atoms with van der Waals surface area (Å²) in [4.78, 5) is 39.1. The van der Waals surface area contributed by atoms with Gasteiger partial charge in [-0.15, -0.1) is 0 Å². The van der Waals surface area contributed by atoms with Crippen molar-refractivity contribution in [1.82, 2.24) is 9.80 Å². The fourth-order valence-corrected chi connectivity index (χ4v) is 2.68. The molecule has 1 aliphatic heterocycles. The maximum absolute atomic E-state index is 12.5. The Morgan fingerprint density at radius 3 is 2.41 bits per heavy atom. The second-order valence-corrected chi connectivity index (χ2v) is 5.88. The number of anilines is 1. The number of nitrogens with zero attached hydrogens (tertiary/aromatic N) is 3. The van der Waals surface area contributed by atoms with E-state index in [0.717, 1.165) is 0 Å². The van der Waals surface area contributed by atoms with Gasteiger partial charge in [0.05, 0.1) is 17.9 Å². The molecule has 0 saturated carbocycles. The van der Waals surface area contributed by atoms with Crippen molar-refractivity contribution in [2.24, 2.45) is 0 Å². The van der Waals surface area contributed by atoms with Gasteiger partial charge in [-0.05, 0) is 19.1 Å². The van der Waals surface area contributed by atoms with Crippen LogP contribution in [0.25, 0.3) is 0 Å². The summed E-state index contributed by atoms with van der Waals surface area (Å²) in [6.45, 7) is 5.08. The van der Waals surface area contributed by atoms with E-state index >= 15 is 0 Å². The van der Waals surface area contributed by atoms with E-state index in [1.165, 1.54) is 18.0 Å². The molecule has 1 aromatic rings. The number of benzene rings is 1. The predicted octanol–water partition coefficient (Wildman–Crippen LogP) is 1.37. The van der Waals surface area contributed by atoms with Crippen LogP contribution in [0, 0.1) is 11.3 Å². The summed E-state index contributed by atoms with van der Waals surface area (Å²) < 4.78 is 5.00. The highest BCUT2D eigenvalue weighted by molar-refractivity contribution is 5.99. The fourth-order valence-electron chi connectivity index (χ4n) is 2.68. The number of rotatable bonds is 5. The number of esters is 1. The van der Waals surface area contributed by atoms with Crippen LogP contribution in [0.2, 0.25) is 0 Å². The Bertz CT molecular complexity index is 789. The number of para-hydroxylation sites is 1. The van der Waals surface area contributed by atoms with Crippen LogP contribution >= 0.6 is 0 Å². The number of ether oxygens (including phenoxy) is 1. The zero-order valence-electron chi connectivity index (χ0n) is 15.4. The first-order chi connectivity index (χ1) is 13.0. The van der Waals surface area contributed by atoms with Crippen LogP contribution in [0.3, 0.4) is 0 Å². The van der Waals surface area contributed by atoms with E-state index in [-0.39, 0.29) is 18.1 Å². The van der Waals surface area contributed by atoms with Crippen molar-refractivity contribution in [2.75, 3.05) is 38.1 Å². The molecule has 2 rings (SSSR count). The molecule has 0 radical (unpaired) electrons. The van der Waals surface area contributed by atoms with Crippen LogP contribution in [-0.2, 0) is 14.3 Å². The van der Waals surface area contributed by atoms with E-state index < -0.39 is 11.9 Å². The molecule has 0 atom stereocenters. The maximum Gasteiger partial charge on any atom is 0.340 e. The summed E-state index contributed by atoms with van der Waals surface area (Å²) >= 11 is 0. The lowest BCUT2D eigenvalue weighted by Crippen LogP contribution is -2.50. The zero-order chi connectivity index (χ0) is 19.8. The molecule has 8 nitrogen and oxygen atoms in total. The fraction of sp³-hybridized carbons (Fsp3) is 0.368. The first-order valence-electron chi connectivity index (χ1n) is 8.65. The third kappa shape index (κ3) is 5.07. The minimum Gasteiger partial charge on any atom is -0.462 e. The number of piperazine rings is 1. The van der Waals surface area contributed by atoms with E-state index in [9.17, 15) is 19.6 Å². The molecule has 1 aliphatic rings. The van der Waals surface area contributed by atoms with Crippen LogP contribution in [-0.4, -0.2) is 60.4 Å². The molecule has 0 aromatic heterocycles. The number of nitriles is 1. The number of hydrogen-bond acceptors (Lipinski definition) is 6. The van der Waals surface area contributed by atoms with Gasteiger partial charge >= 0.3 is 5.97 Å². The number of amides is 2. The number of nitrogens with one attached hydrogen (secondary N) is 1. The Morgan fingerprint density at radius 1 is 1.19 bits per heavy atom. The van der Waals surface area contributed by atoms with Crippen LogP contribution < -0.4 is 5.32 Å². The normalized spacial score (nSPS) is 14.3. The van der Waals surface area contributed by atoms with Crippen molar-refractivity contribution < 1.29 is 19.1 Å². The number of carbonyl (C=O) groups is 3. The van der Waals surface area contributed by atoms with Crippen LogP contribution in [0.5, 0.6) is 0 Å². The number of hydrogen-bond donors (Lipinski definition) is 1. The Morgan fingerprint density at radius 2 is 1.81 bits per heavy atom. The van der Waals surface area contributed by atoms with Gasteiger partial charge in [-0.2, -0.15) is 5.26 Å². The summed E-state index contributed by atoms with van der Waals surface area (Å²) in [5, 5.41) is 12.2. The largest absolute Gasteiger partial charge is 0.462 e. The molecule has 8 heteroatoms. The van der Waals surface area contributed by atoms with Crippen molar-refractivity contribution in [3.63, 3.8) is 0 Å². The van der Waals surface area contributed by atoms with Gasteiger partial charge in [0.1, 0.15) is 11.6 Å². The van der Waals surface area contributed by atoms with E-state index in [1.54, 1.807) is 36.1 Å². The molecule has 0 unspecified atom stereocenters. The highest BCUT2D eigenvalue weighted by atomic mass is 16.5. The van der Waals surface area contributed by atoms with Gasteiger partial charge in [-0.3, -0.25) is 9.59 Å². The van der Waals surface area contributed by atoms with Crippen LogP contribution in [0.15, 0.2) is 36.0 Å². The second-order valence-electron chi connectivity index (χ2n) is 5.88. The topological polar surface area (TPSA) is 103 Å². The Balaban J connectivity index is 2.09. The zero-order valence-corrected chi connectivity index (χ0v) is 15.4. The molecule has 2 amide bonds. The molecule has 0 aliphatic carbocycles. The molecule has 1 N–H and O–H groups in total. The lowest BCUT2D eigenvalue weighted by Gasteiger charge is -2.34. The Hall–Kier alpha value is -3.34. The van der Waals surface area contributed by atoms with E-state index in [0.29, 0.717) is 37.4 Å². The van der Waals surface area contributed by atoms with Crippen LogP contribution in [0.4, 0.5) is 5.69 Å². The Kier molecular flexibility index (Phi) is 6.94. The third-order valence-corrected chi connectivity index (χ3v) is 4.16. The third-order valence-electron chi connectivity index (χ3n) is 4.16. The SMILES string of the molecule is CCOC(=O)c1ccccc1N/C=C(/C#N)C(=O)N1CCN(C(C)=O)CC1. The molecule has 142 valence electrons. The van der Waals surface area contributed by atoms with Crippen molar-refractivity contribution in [3.8, 4) is 6.07 Å². The molecule has 1 saturated heterocycles. The average Bonchev–Trinajstić information content (AvgIpc) is 2.68. The van der Waals surface area contributed by atoms with Crippen molar-refractivity contribution in [1.29, 1.82) is 5.26 Å². The smallest absolute Gasteiger partial charge is 0.340 e. The standard InChI is InChI=1S/C19H22N4O4/c1-3-27-19(26)16-6-4-5-7-17(16)21-13-15(12-20)18(25)23-10-8-22(9-11-23)14(2)24/h4-7,13,21H,3,8-11H2,1-2H3/b15-13-. The minimum absolute atomic E-state index is 0.0320. The Labute approximate surface area is 158 Å². The van der Waals surface area contributed by atoms with E-state index in [1.807, 2.05) is 6.07 Å². The van der Waals surface area contributed by atoms with Gasteiger partial charge in [-0.25, -0.2) is 4.79 Å². The predicted molar refractivity (Wildman–Crippen MR) is 98.6 cm³/mol.